The molecule has 0 spiro atoms. The van der Waals surface area contributed by atoms with E-state index in [4.69, 9.17) is 16.9 Å². The van der Waals surface area contributed by atoms with E-state index in [-0.39, 0.29) is 5.91 Å². The predicted octanol–water partition coefficient (Wildman–Crippen LogP) is 3.52. The number of rotatable bonds is 5. The Kier molecular flexibility index (Phi) is 5.74. The summed E-state index contributed by atoms with van der Waals surface area (Å²) in [6.45, 7) is 1.78. The number of nitrogens with zero attached hydrogens (tertiary/aromatic N) is 5. The van der Waals surface area contributed by atoms with Gasteiger partial charge in [-0.1, -0.05) is 23.4 Å². The summed E-state index contributed by atoms with van der Waals surface area (Å²) in [6, 6.07) is 10.5. The van der Waals surface area contributed by atoms with Gasteiger partial charge in [0.15, 0.2) is 11.0 Å². The van der Waals surface area contributed by atoms with Gasteiger partial charge in [-0.2, -0.15) is 5.26 Å². The largest absolute Gasteiger partial charge is 0.325 e. The molecule has 0 saturated heterocycles. The second-order valence-electron chi connectivity index (χ2n) is 5.66. The molecule has 1 unspecified atom stereocenters. The van der Waals surface area contributed by atoms with Crippen LogP contribution in [0.1, 0.15) is 12.5 Å². The summed E-state index contributed by atoms with van der Waals surface area (Å²) in [5.41, 5.74) is 1.74. The molecule has 3 aromatic rings. The fourth-order valence-electron chi connectivity index (χ4n) is 2.30. The summed E-state index contributed by atoms with van der Waals surface area (Å²) in [7, 11) is 1.84. The first-order valence-corrected chi connectivity index (χ1v) is 9.22. The molecule has 9 heteroatoms. The van der Waals surface area contributed by atoms with Crippen LogP contribution < -0.4 is 5.32 Å². The number of aromatic nitrogens is 4. The Morgan fingerprint density at radius 2 is 2.19 bits per heavy atom. The smallest absolute Gasteiger partial charge is 0.237 e. The number of pyridine rings is 1. The van der Waals surface area contributed by atoms with Gasteiger partial charge in [0.25, 0.3) is 0 Å². The lowest BCUT2D eigenvalue weighted by Crippen LogP contribution is -2.22. The number of hydrogen-bond acceptors (Lipinski definition) is 6. The Labute approximate surface area is 165 Å². The van der Waals surface area contributed by atoms with Crippen molar-refractivity contribution in [2.75, 3.05) is 5.32 Å². The number of halogens is 1. The van der Waals surface area contributed by atoms with Gasteiger partial charge in [-0.15, -0.1) is 10.2 Å². The first-order valence-electron chi connectivity index (χ1n) is 7.96. The molecule has 136 valence electrons. The van der Waals surface area contributed by atoms with Gasteiger partial charge in [0.05, 0.1) is 15.8 Å². The quantitative estimate of drug-likeness (QED) is 0.660. The minimum absolute atomic E-state index is 0.202. The van der Waals surface area contributed by atoms with E-state index in [9.17, 15) is 4.79 Å². The van der Waals surface area contributed by atoms with Gasteiger partial charge in [-0.3, -0.25) is 9.78 Å². The lowest BCUT2D eigenvalue weighted by Gasteiger charge is -2.12. The first-order chi connectivity index (χ1) is 13.0. The van der Waals surface area contributed by atoms with E-state index in [2.05, 4.69) is 20.5 Å². The van der Waals surface area contributed by atoms with Crippen molar-refractivity contribution < 1.29 is 4.79 Å². The zero-order valence-corrected chi connectivity index (χ0v) is 16.1. The number of thioether (sulfide) groups is 1. The molecule has 0 fully saturated rings. The molecule has 0 aliphatic heterocycles. The van der Waals surface area contributed by atoms with Crippen LogP contribution >= 0.6 is 23.4 Å². The standard InChI is InChI=1S/C18H15ClN6OS/c1-11(17(26)22-14-6-5-12(9-20)15(19)8-14)27-18-24-23-16(25(18)2)13-4-3-7-21-10-13/h3-8,10-11H,1-2H3,(H,22,26). The first kappa shape index (κ1) is 18.9. The molecule has 3 rings (SSSR count). The van der Waals surface area contributed by atoms with Crippen LogP contribution in [0.15, 0.2) is 47.9 Å². The maximum Gasteiger partial charge on any atom is 0.237 e. The van der Waals surface area contributed by atoms with Gasteiger partial charge in [-0.05, 0) is 37.3 Å². The average Bonchev–Trinajstić information content (AvgIpc) is 3.03. The Morgan fingerprint density at radius 1 is 1.37 bits per heavy atom. The van der Waals surface area contributed by atoms with Crippen LogP contribution in [0.5, 0.6) is 0 Å². The number of hydrogen-bond donors (Lipinski definition) is 1. The highest BCUT2D eigenvalue weighted by atomic mass is 35.5. The molecule has 0 bridgehead atoms. The molecular formula is C18H15ClN6OS. The van der Waals surface area contributed by atoms with Crippen molar-refractivity contribution in [2.24, 2.45) is 7.05 Å². The molecule has 7 nitrogen and oxygen atoms in total. The second-order valence-corrected chi connectivity index (χ2v) is 7.38. The third kappa shape index (κ3) is 4.27. The molecule has 1 amide bonds. The monoisotopic (exact) mass is 398 g/mol. The predicted molar refractivity (Wildman–Crippen MR) is 104 cm³/mol. The summed E-state index contributed by atoms with van der Waals surface area (Å²) in [6.07, 6.45) is 3.40. The number of carbonyl (C=O) groups is 1. The number of benzene rings is 1. The van der Waals surface area contributed by atoms with Crippen molar-refractivity contribution in [3.8, 4) is 17.5 Å². The zero-order valence-electron chi connectivity index (χ0n) is 14.5. The van der Waals surface area contributed by atoms with Gasteiger partial charge in [0, 0.05) is 30.7 Å². The van der Waals surface area contributed by atoms with E-state index < -0.39 is 5.25 Å². The molecule has 0 aliphatic rings. The Balaban J connectivity index is 1.69. The van der Waals surface area contributed by atoms with Crippen LogP contribution in [0, 0.1) is 11.3 Å². The third-order valence-corrected chi connectivity index (χ3v) is 5.21. The SMILES string of the molecule is CC(Sc1nnc(-c2cccnc2)n1C)C(=O)Nc1ccc(C#N)c(Cl)c1. The van der Waals surface area contributed by atoms with Gasteiger partial charge < -0.3 is 9.88 Å². The molecule has 0 radical (unpaired) electrons. The highest BCUT2D eigenvalue weighted by Gasteiger charge is 2.20. The minimum atomic E-state index is -0.413. The van der Waals surface area contributed by atoms with E-state index in [0.29, 0.717) is 27.3 Å². The molecule has 1 aromatic carbocycles. The molecule has 0 aliphatic carbocycles. The minimum Gasteiger partial charge on any atom is -0.325 e. The van der Waals surface area contributed by atoms with Crippen LogP contribution in [0.25, 0.3) is 11.4 Å². The van der Waals surface area contributed by atoms with E-state index in [1.807, 2.05) is 29.8 Å². The van der Waals surface area contributed by atoms with Crippen molar-refractivity contribution in [2.45, 2.75) is 17.3 Å². The summed E-state index contributed by atoms with van der Waals surface area (Å²) in [4.78, 5) is 16.5. The molecule has 2 aromatic heterocycles. The lowest BCUT2D eigenvalue weighted by atomic mass is 10.2. The number of amides is 1. The topological polar surface area (TPSA) is 96.5 Å². The van der Waals surface area contributed by atoms with Crippen molar-refractivity contribution in [1.29, 1.82) is 5.26 Å². The molecule has 1 atom stereocenters. The molecule has 2 heterocycles. The highest BCUT2D eigenvalue weighted by Crippen LogP contribution is 2.26. The van der Waals surface area contributed by atoms with Crippen molar-refractivity contribution in [3.63, 3.8) is 0 Å². The van der Waals surface area contributed by atoms with E-state index in [0.717, 1.165) is 5.56 Å². The Bertz CT molecular complexity index is 1010. The maximum absolute atomic E-state index is 12.5. The molecule has 1 N–H and O–H groups in total. The summed E-state index contributed by atoms with van der Waals surface area (Å²) < 4.78 is 1.82. The summed E-state index contributed by atoms with van der Waals surface area (Å²) in [5, 5.41) is 20.6. The number of carbonyl (C=O) groups excluding carboxylic acids is 1. The molecule has 0 saturated carbocycles. The lowest BCUT2D eigenvalue weighted by molar-refractivity contribution is -0.115. The maximum atomic E-state index is 12.5. The highest BCUT2D eigenvalue weighted by molar-refractivity contribution is 8.00. The summed E-state index contributed by atoms with van der Waals surface area (Å²) >= 11 is 7.29. The molecule has 27 heavy (non-hydrogen) atoms. The number of anilines is 1. The van der Waals surface area contributed by atoms with Crippen LogP contribution in [-0.4, -0.2) is 30.9 Å². The van der Waals surface area contributed by atoms with E-state index in [1.165, 1.54) is 11.8 Å². The Hall–Kier alpha value is -2.89. The molecular weight excluding hydrogens is 384 g/mol. The van der Waals surface area contributed by atoms with Crippen LogP contribution in [-0.2, 0) is 11.8 Å². The second kappa shape index (κ2) is 8.20. The van der Waals surface area contributed by atoms with Crippen LogP contribution in [0.4, 0.5) is 5.69 Å². The fourth-order valence-corrected chi connectivity index (χ4v) is 3.34. The zero-order chi connectivity index (χ0) is 19.4. The summed E-state index contributed by atoms with van der Waals surface area (Å²) in [5.74, 6) is 0.476. The number of nitriles is 1. The number of nitrogens with one attached hydrogen (secondary N) is 1. The van der Waals surface area contributed by atoms with Crippen molar-refractivity contribution in [1.82, 2.24) is 19.7 Å². The average molecular weight is 399 g/mol. The Morgan fingerprint density at radius 3 is 2.85 bits per heavy atom. The van der Waals surface area contributed by atoms with Crippen LogP contribution in [0.3, 0.4) is 0 Å². The van der Waals surface area contributed by atoms with Gasteiger partial charge >= 0.3 is 0 Å². The van der Waals surface area contributed by atoms with E-state index >= 15 is 0 Å². The van der Waals surface area contributed by atoms with Gasteiger partial charge in [0.2, 0.25) is 5.91 Å². The van der Waals surface area contributed by atoms with Crippen LogP contribution in [0.2, 0.25) is 5.02 Å². The van der Waals surface area contributed by atoms with E-state index in [1.54, 1.807) is 37.5 Å². The van der Waals surface area contributed by atoms with Crippen molar-refractivity contribution in [3.05, 3.63) is 53.3 Å². The third-order valence-electron chi connectivity index (χ3n) is 3.76. The van der Waals surface area contributed by atoms with Gasteiger partial charge in [0.1, 0.15) is 6.07 Å². The fraction of sp³-hybridized carbons (Fsp3) is 0.167. The normalized spacial score (nSPS) is 11.6. The van der Waals surface area contributed by atoms with Gasteiger partial charge in [-0.25, -0.2) is 0 Å². The van der Waals surface area contributed by atoms with Crippen molar-refractivity contribution >= 4 is 35.0 Å².